The molecule has 4 aromatic rings. The van der Waals surface area contributed by atoms with Crippen LogP contribution in [0.5, 0.6) is 0 Å². The summed E-state index contributed by atoms with van der Waals surface area (Å²) in [7, 11) is 0. The second-order valence-corrected chi connectivity index (χ2v) is 6.35. The lowest BCUT2D eigenvalue weighted by Gasteiger charge is -2.10. The first-order chi connectivity index (χ1) is 11.7. The molecule has 0 atom stereocenters. The Bertz CT molecular complexity index is 1100. The van der Waals surface area contributed by atoms with Gasteiger partial charge in [-0.05, 0) is 31.0 Å². The minimum absolute atomic E-state index is 0.0660. The van der Waals surface area contributed by atoms with Crippen LogP contribution in [0.2, 0.25) is 0 Å². The Balaban J connectivity index is 1.94. The van der Waals surface area contributed by atoms with Crippen LogP contribution >= 0.6 is 0 Å². The van der Waals surface area contributed by atoms with Gasteiger partial charge in [0, 0.05) is 34.6 Å². The number of hydrogen-bond donors (Lipinski definition) is 2. The van der Waals surface area contributed by atoms with Gasteiger partial charge in [-0.25, -0.2) is 0 Å². The molecule has 2 N–H and O–H groups in total. The molecule has 118 valence electrons. The number of carbonyl (C=O) groups is 1. The van der Waals surface area contributed by atoms with Crippen molar-refractivity contribution in [3.63, 3.8) is 0 Å². The number of nitrogens with one attached hydrogen (secondary N) is 2. The molecule has 0 unspecified atom stereocenters. The van der Waals surface area contributed by atoms with E-state index in [1.54, 1.807) is 0 Å². The Hall–Kier alpha value is -3.01. The van der Waals surface area contributed by atoms with Gasteiger partial charge in [0.05, 0.1) is 5.56 Å². The summed E-state index contributed by atoms with van der Waals surface area (Å²) in [5.41, 5.74) is 5.76. The van der Waals surface area contributed by atoms with Crippen LogP contribution in [0.25, 0.3) is 33.2 Å². The van der Waals surface area contributed by atoms with Gasteiger partial charge in [0.2, 0.25) is 0 Å². The van der Waals surface area contributed by atoms with Gasteiger partial charge >= 0.3 is 0 Å². The van der Waals surface area contributed by atoms with E-state index in [2.05, 4.69) is 10.3 Å². The zero-order chi connectivity index (χ0) is 16.3. The van der Waals surface area contributed by atoms with Gasteiger partial charge in [-0.2, -0.15) is 0 Å². The summed E-state index contributed by atoms with van der Waals surface area (Å²) in [4.78, 5) is 16.1. The first-order valence-electron chi connectivity index (χ1n) is 8.13. The maximum Gasteiger partial charge on any atom is 0.255 e. The Kier molecular flexibility index (Phi) is 2.65. The van der Waals surface area contributed by atoms with Crippen LogP contribution in [0.3, 0.4) is 0 Å². The quantitative estimate of drug-likeness (QED) is 0.553. The smallest absolute Gasteiger partial charge is 0.255 e. The molecule has 0 saturated heterocycles. The maximum absolute atomic E-state index is 12.8. The van der Waals surface area contributed by atoms with Crippen molar-refractivity contribution >= 4 is 27.8 Å². The fourth-order valence-corrected chi connectivity index (χ4v) is 3.60. The highest BCUT2D eigenvalue weighted by Gasteiger charge is 2.26. The van der Waals surface area contributed by atoms with Gasteiger partial charge in [-0.15, -0.1) is 0 Å². The van der Waals surface area contributed by atoms with Gasteiger partial charge < -0.3 is 14.7 Å². The van der Waals surface area contributed by atoms with E-state index in [9.17, 15) is 4.79 Å². The molecular formula is C20H16N2O2. The normalized spacial score (nSPS) is 14.1. The summed E-state index contributed by atoms with van der Waals surface area (Å²) in [6.07, 6.45) is 2.85. The van der Waals surface area contributed by atoms with Crippen LogP contribution in [-0.4, -0.2) is 17.4 Å². The second-order valence-electron chi connectivity index (χ2n) is 6.35. The van der Waals surface area contributed by atoms with E-state index in [0.717, 1.165) is 33.9 Å². The van der Waals surface area contributed by atoms with E-state index in [4.69, 9.17) is 4.42 Å². The molecule has 0 aliphatic carbocycles. The molecule has 0 radical (unpaired) electrons. The molecule has 1 aliphatic heterocycles. The lowest BCUT2D eigenvalue weighted by Crippen LogP contribution is -2.26. The molecule has 2 aromatic carbocycles. The average molecular weight is 316 g/mol. The van der Waals surface area contributed by atoms with E-state index >= 15 is 0 Å². The summed E-state index contributed by atoms with van der Waals surface area (Å²) in [5, 5.41) is 5.04. The third-order valence-corrected chi connectivity index (χ3v) is 4.80. The van der Waals surface area contributed by atoms with E-state index in [1.165, 1.54) is 11.1 Å². The molecule has 0 bridgehead atoms. The van der Waals surface area contributed by atoms with Crippen LogP contribution in [0.1, 0.15) is 21.5 Å². The number of aromatic amines is 1. The van der Waals surface area contributed by atoms with Crippen LogP contribution in [-0.2, 0) is 6.42 Å². The van der Waals surface area contributed by atoms with Crippen molar-refractivity contribution in [1.29, 1.82) is 0 Å². The molecule has 0 fully saturated rings. The van der Waals surface area contributed by atoms with Crippen molar-refractivity contribution in [1.82, 2.24) is 10.3 Å². The number of rotatable bonds is 1. The monoisotopic (exact) mass is 316 g/mol. The predicted molar refractivity (Wildman–Crippen MR) is 94.3 cm³/mol. The molecule has 1 aliphatic rings. The number of H-pyrrole nitrogens is 1. The molecular weight excluding hydrogens is 300 g/mol. The fourth-order valence-electron chi connectivity index (χ4n) is 3.60. The minimum atomic E-state index is -0.0660. The summed E-state index contributed by atoms with van der Waals surface area (Å²) in [6, 6.07) is 12.0. The SMILES string of the molecule is Cc1ccc(-c2oc3ccc4[nH]cc5c4c3c2C(=O)NCC5)cc1. The Morgan fingerprint density at radius 2 is 1.88 bits per heavy atom. The Labute approximate surface area is 138 Å². The van der Waals surface area contributed by atoms with Crippen molar-refractivity contribution in [2.45, 2.75) is 13.3 Å². The van der Waals surface area contributed by atoms with Gasteiger partial charge in [-0.3, -0.25) is 4.79 Å². The highest BCUT2D eigenvalue weighted by Crippen LogP contribution is 2.39. The molecule has 24 heavy (non-hydrogen) atoms. The summed E-state index contributed by atoms with van der Waals surface area (Å²) >= 11 is 0. The van der Waals surface area contributed by atoms with Crippen molar-refractivity contribution < 1.29 is 9.21 Å². The molecule has 4 nitrogen and oxygen atoms in total. The van der Waals surface area contributed by atoms with E-state index < -0.39 is 0 Å². The molecule has 5 rings (SSSR count). The molecule has 2 aromatic heterocycles. The standard InChI is InChI=1S/C20H16N2O2/c1-11-2-4-12(5-3-11)19-18-17-15(24-19)7-6-14-16(17)13(10-22-14)8-9-21-20(18)23/h2-7,10,22H,8-9H2,1H3,(H,21,23). The van der Waals surface area contributed by atoms with E-state index in [-0.39, 0.29) is 5.91 Å². The Morgan fingerprint density at radius 1 is 1.04 bits per heavy atom. The predicted octanol–water partition coefficient (Wildman–Crippen LogP) is 4.18. The molecule has 1 amide bonds. The third-order valence-electron chi connectivity index (χ3n) is 4.80. The van der Waals surface area contributed by atoms with Crippen molar-refractivity contribution in [3.8, 4) is 11.3 Å². The number of amides is 1. The van der Waals surface area contributed by atoms with E-state index in [1.807, 2.05) is 49.5 Å². The number of aromatic nitrogens is 1. The average Bonchev–Trinajstić information content (AvgIpc) is 3.15. The van der Waals surface area contributed by atoms with Crippen LogP contribution < -0.4 is 5.32 Å². The van der Waals surface area contributed by atoms with Crippen molar-refractivity contribution in [3.05, 3.63) is 59.3 Å². The van der Waals surface area contributed by atoms with E-state index in [0.29, 0.717) is 17.9 Å². The number of hydrogen-bond acceptors (Lipinski definition) is 2. The van der Waals surface area contributed by atoms with Crippen LogP contribution in [0, 0.1) is 6.92 Å². The molecule has 0 spiro atoms. The molecule has 0 saturated carbocycles. The highest BCUT2D eigenvalue weighted by atomic mass is 16.3. The van der Waals surface area contributed by atoms with Gasteiger partial charge in [0.25, 0.3) is 5.91 Å². The molecule has 3 heterocycles. The number of carbonyl (C=O) groups excluding carboxylic acids is 1. The van der Waals surface area contributed by atoms with Gasteiger partial charge in [0.15, 0.2) is 0 Å². The minimum Gasteiger partial charge on any atom is -0.455 e. The second kappa shape index (κ2) is 4.74. The van der Waals surface area contributed by atoms with Crippen LogP contribution in [0.15, 0.2) is 47.0 Å². The highest BCUT2D eigenvalue weighted by molar-refractivity contribution is 6.20. The zero-order valence-corrected chi connectivity index (χ0v) is 13.3. The third kappa shape index (κ3) is 1.77. The van der Waals surface area contributed by atoms with Gasteiger partial charge in [0.1, 0.15) is 11.3 Å². The van der Waals surface area contributed by atoms with Gasteiger partial charge in [-0.1, -0.05) is 29.8 Å². The maximum atomic E-state index is 12.8. The summed E-state index contributed by atoms with van der Waals surface area (Å²) in [5.74, 6) is 0.577. The Morgan fingerprint density at radius 3 is 2.71 bits per heavy atom. The lowest BCUT2D eigenvalue weighted by atomic mass is 9.98. The largest absolute Gasteiger partial charge is 0.455 e. The van der Waals surface area contributed by atoms with Crippen molar-refractivity contribution in [2.75, 3.05) is 6.54 Å². The lowest BCUT2D eigenvalue weighted by molar-refractivity contribution is 0.0955. The number of furan rings is 1. The summed E-state index contributed by atoms with van der Waals surface area (Å²) < 4.78 is 6.13. The summed E-state index contributed by atoms with van der Waals surface area (Å²) in [6.45, 7) is 2.67. The topological polar surface area (TPSA) is 58.0 Å². The number of benzene rings is 2. The number of aryl methyl sites for hydroxylation is 1. The fraction of sp³-hybridized carbons (Fsp3) is 0.150. The van der Waals surface area contributed by atoms with Crippen LogP contribution in [0.4, 0.5) is 0 Å². The van der Waals surface area contributed by atoms with Crippen molar-refractivity contribution in [2.24, 2.45) is 0 Å². The first kappa shape index (κ1) is 13.4. The molecule has 4 heteroatoms. The first-order valence-corrected chi connectivity index (χ1v) is 8.13. The zero-order valence-electron chi connectivity index (χ0n) is 13.3.